The molecule has 3 unspecified atom stereocenters. The van der Waals surface area contributed by atoms with Crippen LogP contribution in [0.5, 0.6) is 5.75 Å². The number of aliphatic hydroxyl groups is 1. The molecule has 6 atom stereocenters. The number of unbranched alkanes of at least 4 members (excludes halogenated alkanes) is 2. The van der Waals surface area contributed by atoms with Crippen LogP contribution in [0.4, 0.5) is 11.4 Å². The maximum Gasteiger partial charge on any atom is 0.253 e. The largest absolute Gasteiger partial charge is 0.494 e. The van der Waals surface area contributed by atoms with Crippen LogP contribution >= 0.6 is 0 Å². The van der Waals surface area contributed by atoms with Gasteiger partial charge in [-0.2, -0.15) is 0 Å². The normalized spacial score (nSPS) is 26.6. The maximum absolute atomic E-state index is 15.1. The van der Waals surface area contributed by atoms with Crippen LogP contribution in [0.15, 0.2) is 92.0 Å². The van der Waals surface area contributed by atoms with E-state index in [0.717, 1.165) is 10.8 Å². The number of carbonyl (C=O) groups excluding carboxylic acids is 3. The number of carbonyl (C=O) groups is 3. The van der Waals surface area contributed by atoms with Crippen molar-refractivity contribution < 1.29 is 29.0 Å². The molecule has 9 nitrogen and oxygen atoms in total. The van der Waals surface area contributed by atoms with Crippen molar-refractivity contribution in [2.75, 3.05) is 42.6 Å². The lowest BCUT2D eigenvalue weighted by atomic mass is 9.62. The molecule has 3 aliphatic rings. The number of aliphatic hydroxyl groups excluding tert-OH is 1. The zero-order valence-corrected chi connectivity index (χ0v) is 29.4. The number of anilines is 2. The number of amides is 3. The maximum atomic E-state index is 15.1. The first kappa shape index (κ1) is 35.4. The van der Waals surface area contributed by atoms with Crippen molar-refractivity contribution in [2.45, 2.75) is 63.7 Å². The first-order valence-corrected chi connectivity index (χ1v) is 17.8. The number of likely N-dealkylation sites (tertiary alicyclic amines) is 1. The van der Waals surface area contributed by atoms with Gasteiger partial charge in [0.2, 0.25) is 11.8 Å². The molecule has 3 aliphatic heterocycles. The summed E-state index contributed by atoms with van der Waals surface area (Å²) in [6.45, 7) is 15.2. The second-order valence-corrected chi connectivity index (χ2v) is 14.0. The molecule has 264 valence electrons. The minimum atomic E-state index is -1.20. The third-order valence-corrected chi connectivity index (χ3v) is 11.0. The van der Waals surface area contributed by atoms with E-state index in [0.29, 0.717) is 56.0 Å². The molecule has 3 amide bonds. The number of nitrogens with zero attached hydrogens (tertiary/aromatic N) is 3. The monoisotopic (exact) mass is 679 g/mol. The van der Waals surface area contributed by atoms with Gasteiger partial charge in [-0.1, -0.05) is 49.4 Å². The number of hydrogen-bond acceptors (Lipinski definition) is 6. The predicted octanol–water partition coefficient (Wildman–Crippen LogP) is 6.15. The highest BCUT2D eigenvalue weighted by molar-refractivity contribution is 6.07. The quantitative estimate of drug-likeness (QED) is 0.153. The van der Waals surface area contributed by atoms with Crippen LogP contribution in [-0.2, 0) is 19.1 Å². The van der Waals surface area contributed by atoms with Crippen molar-refractivity contribution in [2.24, 2.45) is 17.8 Å². The van der Waals surface area contributed by atoms with E-state index in [4.69, 9.17) is 9.47 Å². The molecule has 3 aromatic rings. The SMILES string of the molecule is C=CCN(C(=O)C1N(CCCCCO)C(=O)[C@@H]2[C@H](C(=O)N(CC=C)c3ccc(OCC)cc3)[C@@]3(C)OC12CC3C)c1ccc2ccccc2c1. The van der Waals surface area contributed by atoms with Crippen LogP contribution in [0.3, 0.4) is 0 Å². The summed E-state index contributed by atoms with van der Waals surface area (Å²) < 4.78 is 12.7. The Labute approximate surface area is 295 Å². The minimum Gasteiger partial charge on any atom is -0.494 e. The Balaban J connectivity index is 1.42. The van der Waals surface area contributed by atoms with E-state index in [-0.39, 0.29) is 43.3 Å². The summed E-state index contributed by atoms with van der Waals surface area (Å²) in [5.74, 6) is -1.79. The van der Waals surface area contributed by atoms with Gasteiger partial charge >= 0.3 is 0 Å². The molecule has 2 bridgehead atoms. The average Bonchev–Trinajstić information content (AvgIpc) is 3.63. The minimum absolute atomic E-state index is 0.0538. The zero-order valence-electron chi connectivity index (χ0n) is 29.4. The van der Waals surface area contributed by atoms with Crippen molar-refractivity contribution in [1.29, 1.82) is 0 Å². The van der Waals surface area contributed by atoms with Crippen molar-refractivity contribution >= 4 is 39.9 Å². The number of rotatable bonds is 15. The lowest BCUT2D eigenvalue weighted by Crippen LogP contribution is -2.57. The Morgan fingerprint density at radius 1 is 0.960 bits per heavy atom. The van der Waals surface area contributed by atoms with Gasteiger partial charge in [-0.3, -0.25) is 14.4 Å². The van der Waals surface area contributed by atoms with Crippen LogP contribution in [0.25, 0.3) is 10.8 Å². The van der Waals surface area contributed by atoms with Gasteiger partial charge in [0, 0.05) is 37.6 Å². The predicted molar refractivity (Wildman–Crippen MR) is 196 cm³/mol. The molecule has 1 N–H and O–H groups in total. The van der Waals surface area contributed by atoms with E-state index in [1.165, 1.54) is 0 Å². The van der Waals surface area contributed by atoms with Crippen LogP contribution in [0.1, 0.15) is 46.5 Å². The summed E-state index contributed by atoms with van der Waals surface area (Å²) in [5, 5.41) is 11.5. The summed E-state index contributed by atoms with van der Waals surface area (Å²) >= 11 is 0. The van der Waals surface area contributed by atoms with Crippen LogP contribution < -0.4 is 14.5 Å². The Hall–Kier alpha value is -4.47. The fourth-order valence-electron chi connectivity index (χ4n) is 8.66. The van der Waals surface area contributed by atoms with Crippen molar-refractivity contribution in [3.8, 4) is 5.75 Å². The number of ether oxygens (including phenoxy) is 2. The van der Waals surface area contributed by atoms with Gasteiger partial charge in [0.1, 0.15) is 17.4 Å². The van der Waals surface area contributed by atoms with Gasteiger partial charge in [-0.25, -0.2) is 0 Å². The number of hydrogen-bond donors (Lipinski definition) is 1. The highest BCUT2D eigenvalue weighted by Crippen LogP contribution is 2.65. The molecule has 0 radical (unpaired) electrons. The average molecular weight is 680 g/mol. The molecule has 50 heavy (non-hydrogen) atoms. The van der Waals surface area contributed by atoms with E-state index >= 15 is 4.79 Å². The second kappa shape index (κ2) is 14.4. The fourth-order valence-corrected chi connectivity index (χ4v) is 8.66. The molecule has 0 aliphatic carbocycles. The molecule has 1 spiro atoms. The van der Waals surface area contributed by atoms with E-state index in [2.05, 4.69) is 20.1 Å². The van der Waals surface area contributed by atoms with Gasteiger partial charge < -0.3 is 29.3 Å². The highest BCUT2D eigenvalue weighted by atomic mass is 16.5. The molecule has 3 aromatic carbocycles. The first-order chi connectivity index (χ1) is 24.1. The Kier molecular flexibility index (Phi) is 10.2. The van der Waals surface area contributed by atoms with Crippen LogP contribution in [0, 0.1) is 17.8 Å². The molecular formula is C41H49N3O6. The van der Waals surface area contributed by atoms with Gasteiger partial charge in [-0.15, -0.1) is 13.2 Å². The summed E-state index contributed by atoms with van der Waals surface area (Å²) in [6.07, 6.45) is 5.74. The van der Waals surface area contributed by atoms with Gasteiger partial charge in [0.05, 0.1) is 24.0 Å². The van der Waals surface area contributed by atoms with Crippen LogP contribution in [0.2, 0.25) is 0 Å². The molecule has 6 rings (SSSR count). The molecule has 9 heteroatoms. The lowest BCUT2D eigenvalue weighted by Gasteiger charge is -2.39. The molecule has 0 saturated carbocycles. The zero-order chi connectivity index (χ0) is 35.6. The number of benzene rings is 3. The fraction of sp³-hybridized carbons (Fsp3) is 0.439. The third kappa shape index (κ3) is 5.90. The standard InChI is InChI=1S/C41H49N3O6/c1-6-22-42(31-18-20-33(21-19-31)49-8-3)37(46)34-35-38(47)44(24-12-9-13-25-45)36(41(35)27-28(4)40(34,5)50-41)39(48)43(23-7-2)32-17-16-29-14-10-11-15-30(29)26-32/h6-7,10-11,14-21,26,28,34-36,45H,1-2,8-9,12-13,22-25,27H2,3-5H3/t28?,34-,35+,36?,40+,41?/m1/s1. The Bertz CT molecular complexity index is 1760. The van der Waals surface area contributed by atoms with E-state index in [1.54, 1.807) is 26.9 Å². The molecule has 0 aromatic heterocycles. The second-order valence-electron chi connectivity index (χ2n) is 14.0. The lowest BCUT2D eigenvalue weighted by molar-refractivity contribution is -0.145. The van der Waals surface area contributed by atoms with Gasteiger partial charge in [0.15, 0.2) is 0 Å². The van der Waals surface area contributed by atoms with Crippen molar-refractivity contribution in [3.05, 3.63) is 92.0 Å². The van der Waals surface area contributed by atoms with E-state index < -0.39 is 29.1 Å². The summed E-state index contributed by atoms with van der Waals surface area (Å²) in [7, 11) is 0. The third-order valence-electron chi connectivity index (χ3n) is 11.0. The molecule has 3 fully saturated rings. The molecule has 3 heterocycles. The Morgan fingerprint density at radius 3 is 2.28 bits per heavy atom. The van der Waals surface area contributed by atoms with Crippen molar-refractivity contribution in [3.63, 3.8) is 0 Å². The van der Waals surface area contributed by atoms with Crippen LogP contribution in [-0.4, -0.2) is 77.8 Å². The molecule has 3 saturated heterocycles. The number of fused-ring (bicyclic) bond motifs is 2. The van der Waals surface area contributed by atoms with Crippen molar-refractivity contribution in [1.82, 2.24) is 4.90 Å². The molecular weight excluding hydrogens is 630 g/mol. The van der Waals surface area contributed by atoms with E-state index in [9.17, 15) is 14.7 Å². The summed E-state index contributed by atoms with van der Waals surface area (Å²) in [4.78, 5) is 49.9. The van der Waals surface area contributed by atoms with E-state index in [1.807, 2.05) is 80.6 Å². The van der Waals surface area contributed by atoms with Gasteiger partial charge in [-0.05, 0) is 92.6 Å². The topological polar surface area (TPSA) is 99.6 Å². The highest BCUT2D eigenvalue weighted by Gasteiger charge is 2.80. The summed E-state index contributed by atoms with van der Waals surface area (Å²) in [6, 6.07) is 20.3. The smallest absolute Gasteiger partial charge is 0.253 e. The summed E-state index contributed by atoms with van der Waals surface area (Å²) in [5.41, 5.74) is -0.809. The Morgan fingerprint density at radius 2 is 1.62 bits per heavy atom. The van der Waals surface area contributed by atoms with Gasteiger partial charge in [0.25, 0.3) is 5.91 Å². The first-order valence-electron chi connectivity index (χ1n) is 17.8.